The lowest BCUT2D eigenvalue weighted by Crippen LogP contribution is -2.39. The number of hydrogen-bond acceptors (Lipinski definition) is 1. The Balaban J connectivity index is 2.94. The molecule has 0 aliphatic rings. The highest BCUT2D eigenvalue weighted by molar-refractivity contribution is 14.1. The second kappa shape index (κ2) is 8.10. The van der Waals surface area contributed by atoms with Crippen LogP contribution < -0.4 is 0 Å². The molecular weight excluding hydrogens is 373 g/mol. The van der Waals surface area contributed by atoms with E-state index in [9.17, 15) is 4.79 Å². The van der Waals surface area contributed by atoms with Crippen molar-refractivity contribution in [2.75, 3.05) is 6.54 Å². The van der Waals surface area contributed by atoms with E-state index in [-0.39, 0.29) is 11.9 Å². The first-order chi connectivity index (χ1) is 9.01. The lowest BCUT2D eigenvalue weighted by Gasteiger charge is -2.28. The normalized spacial score (nSPS) is 12.3. The van der Waals surface area contributed by atoms with E-state index in [4.69, 9.17) is 11.6 Å². The van der Waals surface area contributed by atoms with E-state index in [1.807, 2.05) is 17.0 Å². The molecule has 0 aliphatic carbocycles. The molecule has 1 rings (SSSR count). The topological polar surface area (TPSA) is 20.3 Å². The summed E-state index contributed by atoms with van der Waals surface area (Å²) in [5.41, 5.74) is 0.682. The zero-order chi connectivity index (χ0) is 14.4. The third kappa shape index (κ3) is 4.63. The Morgan fingerprint density at radius 2 is 2.11 bits per heavy atom. The molecule has 1 unspecified atom stereocenters. The Morgan fingerprint density at radius 1 is 1.42 bits per heavy atom. The van der Waals surface area contributed by atoms with Crippen molar-refractivity contribution >= 4 is 40.1 Å². The SMILES string of the molecule is CCCCN(C(=O)c1ccc(I)c(Cl)c1)C(C)CC. The van der Waals surface area contributed by atoms with Crippen molar-refractivity contribution < 1.29 is 4.79 Å². The minimum Gasteiger partial charge on any atom is -0.336 e. The quantitative estimate of drug-likeness (QED) is 0.624. The van der Waals surface area contributed by atoms with E-state index in [0.717, 1.165) is 29.4 Å². The van der Waals surface area contributed by atoms with Crippen LogP contribution >= 0.6 is 34.2 Å². The van der Waals surface area contributed by atoms with Crippen LogP contribution in [-0.4, -0.2) is 23.4 Å². The highest BCUT2D eigenvalue weighted by Gasteiger charge is 2.20. The van der Waals surface area contributed by atoms with Gasteiger partial charge in [0.25, 0.3) is 5.91 Å². The molecule has 0 aliphatic heterocycles. The van der Waals surface area contributed by atoms with Gasteiger partial charge >= 0.3 is 0 Å². The van der Waals surface area contributed by atoms with E-state index in [1.165, 1.54) is 0 Å². The van der Waals surface area contributed by atoms with Crippen LogP contribution in [-0.2, 0) is 0 Å². The van der Waals surface area contributed by atoms with Crippen LogP contribution in [0.3, 0.4) is 0 Å². The fourth-order valence-corrected chi connectivity index (χ4v) is 2.38. The van der Waals surface area contributed by atoms with Gasteiger partial charge in [-0.15, -0.1) is 0 Å². The first-order valence-corrected chi connectivity index (χ1v) is 8.22. The molecule has 0 aromatic heterocycles. The molecule has 0 saturated heterocycles. The van der Waals surface area contributed by atoms with E-state index < -0.39 is 0 Å². The van der Waals surface area contributed by atoms with E-state index in [1.54, 1.807) is 6.07 Å². The lowest BCUT2D eigenvalue weighted by molar-refractivity contribution is 0.0685. The van der Waals surface area contributed by atoms with Crippen LogP contribution in [0.2, 0.25) is 5.02 Å². The lowest BCUT2D eigenvalue weighted by atomic mass is 10.1. The van der Waals surface area contributed by atoms with Gasteiger partial charge in [0, 0.05) is 21.7 Å². The van der Waals surface area contributed by atoms with E-state index in [0.29, 0.717) is 10.6 Å². The third-order valence-electron chi connectivity index (χ3n) is 3.30. The van der Waals surface area contributed by atoms with Crippen molar-refractivity contribution in [3.05, 3.63) is 32.4 Å². The Morgan fingerprint density at radius 3 is 2.63 bits per heavy atom. The average molecular weight is 394 g/mol. The summed E-state index contributed by atoms with van der Waals surface area (Å²) in [6, 6.07) is 5.78. The molecule has 0 saturated carbocycles. The monoisotopic (exact) mass is 393 g/mol. The molecule has 19 heavy (non-hydrogen) atoms. The van der Waals surface area contributed by atoms with Gasteiger partial charge < -0.3 is 4.90 Å². The fraction of sp³-hybridized carbons (Fsp3) is 0.533. The number of unbranched alkanes of at least 4 members (excludes halogenated alkanes) is 1. The van der Waals surface area contributed by atoms with E-state index in [2.05, 4.69) is 43.4 Å². The maximum absolute atomic E-state index is 12.6. The van der Waals surface area contributed by atoms with Crippen LogP contribution in [0.15, 0.2) is 18.2 Å². The smallest absolute Gasteiger partial charge is 0.254 e. The molecule has 1 aromatic carbocycles. The second-order valence-electron chi connectivity index (χ2n) is 4.74. The van der Waals surface area contributed by atoms with Crippen molar-refractivity contribution in [2.24, 2.45) is 0 Å². The highest BCUT2D eigenvalue weighted by Crippen LogP contribution is 2.21. The minimum atomic E-state index is 0.0844. The summed E-state index contributed by atoms with van der Waals surface area (Å²) in [6.07, 6.45) is 3.09. The molecular formula is C15H21ClINO. The number of rotatable bonds is 6. The first kappa shape index (κ1) is 16.8. The Kier molecular flexibility index (Phi) is 7.15. The van der Waals surface area contributed by atoms with Crippen LogP contribution in [0, 0.1) is 3.57 Å². The number of nitrogens with zero attached hydrogens (tertiary/aromatic N) is 1. The fourth-order valence-electron chi connectivity index (χ4n) is 1.87. The van der Waals surface area contributed by atoms with Gasteiger partial charge in [0.2, 0.25) is 0 Å². The van der Waals surface area contributed by atoms with Crippen LogP contribution in [0.25, 0.3) is 0 Å². The van der Waals surface area contributed by atoms with Gasteiger partial charge in [-0.25, -0.2) is 0 Å². The summed E-state index contributed by atoms with van der Waals surface area (Å²) in [5, 5.41) is 0.644. The number of carbonyl (C=O) groups is 1. The average Bonchev–Trinajstić information content (AvgIpc) is 2.41. The molecule has 0 heterocycles. The summed E-state index contributed by atoms with van der Waals surface area (Å²) in [7, 11) is 0. The zero-order valence-corrected chi connectivity index (χ0v) is 14.7. The molecule has 106 valence electrons. The number of hydrogen-bond donors (Lipinski definition) is 0. The minimum absolute atomic E-state index is 0.0844. The van der Waals surface area contributed by atoms with Crippen molar-refractivity contribution in [1.29, 1.82) is 0 Å². The number of amides is 1. The predicted octanol–water partition coefficient (Wildman–Crippen LogP) is 4.99. The second-order valence-corrected chi connectivity index (χ2v) is 6.31. The molecule has 0 bridgehead atoms. The molecule has 0 fully saturated rings. The van der Waals surface area contributed by atoms with Gasteiger partial charge in [-0.05, 0) is 60.6 Å². The number of carbonyl (C=O) groups excluding carboxylic acids is 1. The molecule has 0 N–H and O–H groups in total. The zero-order valence-electron chi connectivity index (χ0n) is 11.7. The van der Waals surface area contributed by atoms with Crippen LogP contribution in [0.1, 0.15) is 50.4 Å². The molecule has 1 atom stereocenters. The number of halogens is 2. The van der Waals surface area contributed by atoms with Crippen molar-refractivity contribution in [3.8, 4) is 0 Å². The third-order valence-corrected chi connectivity index (χ3v) is 4.88. The molecule has 0 radical (unpaired) electrons. The van der Waals surface area contributed by atoms with Gasteiger partial charge in [-0.1, -0.05) is 31.9 Å². The van der Waals surface area contributed by atoms with Crippen molar-refractivity contribution in [3.63, 3.8) is 0 Å². The number of benzene rings is 1. The van der Waals surface area contributed by atoms with Gasteiger partial charge in [-0.3, -0.25) is 4.79 Å². The summed E-state index contributed by atoms with van der Waals surface area (Å²) >= 11 is 8.27. The summed E-state index contributed by atoms with van der Waals surface area (Å²) in [6.45, 7) is 7.16. The first-order valence-electron chi connectivity index (χ1n) is 6.77. The van der Waals surface area contributed by atoms with Crippen LogP contribution in [0.4, 0.5) is 0 Å². The highest BCUT2D eigenvalue weighted by atomic mass is 127. The van der Waals surface area contributed by atoms with Crippen molar-refractivity contribution in [2.45, 2.75) is 46.1 Å². The van der Waals surface area contributed by atoms with Crippen LogP contribution in [0.5, 0.6) is 0 Å². The largest absolute Gasteiger partial charge is 0.336 e. The maximum atomic E-state index is 12.6. The summed E-state index contributed by atoms with van der Waals surface area (Å²) in [4.78, 5) is 14.5. The molecule has 1 aromatic rings. The van der Waals surface area contributed by atoms with Gasteiger partial charge in [0.1, 0.15) is 0 Å². The Hall–Kier alpha value is -0.290. The van der Waals surface area contributed by atoms with Gasteiger partial charge in [-0.2, -0.15) is 0 Å². The molecule has 2 nitrogen and oxygen atoms in total. The summed E-state index contributed by atoms with van der Waals surface area (Å²) in [5.74, 6) is 0.0844. The van der Waals surface area contributed by atoms with Crippen molar-refractivity contribution in [1.82, 2.24) is 4.90 Å². The standard InChI is InChI=1S/C15H21ClINO/c1-4-6-9-18(11(3)5-2)15(19)12-7-8-14(17)13(16)10-12/h7-8,10-11H,4-6,9H2,1-3H3. The summed E-state index contributed by atoms with van der Waals surface area (Å²) < 4.78 is 0.972. The maximum Gasteiger partial charge on any atom is 0.254 e. The van der Waals surface area contributed by atoms with Gasteiger partial charge in [0.15, 0.2) is 0 Å². The predicted molar refractivity (Wildman–Crippen MR) is 89.9 cm³/mol. The molecule has 0 spiro atoms. The Labute approximate surface area is 134 Å². The Bertz CT molecular complexity index is 436. The molecule has 4 heteroatoms. The van der Waals surface area contributed by atoms with E-state index >= 15 is 0 Å². The molecule has 1 amide bonds. The van der Waals surface area contributed by atoms with Gasteiger partial charge in [0.05, 0.1) is 5.02 Å².